The summed E-state index contributed by atoms with van der Waals surface area (Å²) in [5.41, 5.74) is 0.853. The van der Waals surface area contributed by atoms with Crippen molar-refractivity contribution in [3.63, 3.8) is 0 Å². The molecule has 0 aliphatic heterocycles. The molecule has 0 aliphatic rings. The van der Waals surface area contributed by atoms with Gasteiger partial charge in [-0.05, 0) is 38.2 Å². The first-order chi connectivity index (χ1) is 11.6. The van der Waals surface area contributed by atoms with Crippen LogP contribution in [-0.4, -0.2) is 70.3 Å². The summed E-state index contributed by atoms with van der Waals surface area (Å²) >= 11 is 0. The lowest BCUT2D eigenvalue weighted by molar-refractivity contribution is -0.134. The minimum atomic E-state index is -3.72. The van der Waals surface area contributed by atoms with Crippen molar-refractivity contribution in [1.82, 2.24) is 15.1 Å². The van der Waals surface area contributed by atoms with Gasteiger partial charge in [0.1, 0.15) is 0 Å². The Kier molecular flexibility index (Phi) is 8.01. The van der Waals surface area contributed by atoms with Crippen molar-refractivity contribution in [3.8, 4) is 0 Å². The first kappa shape index (κ1) is 21.1. The van der Waals surface area contributed by atoms with Gasteiger partial charge >= 0.3 is 0 Å². The highest BCUT2D eigenvalue weighted by Gasteiger charge is 2.14. The maximum absolute atomic E-state index is 11.9. The van der Waals surface area contributed by atoms with Crippen molar-refractivity contribution in [1.29, 1.82) is 0 Å². The third-order valence-corrected chi connectivity index (χ3v) is 4.51. The molecule has 1 rings (SSSR count). The highest BCUT2D eigenvalue weighted by atomic mass is 32.2. The van der Waals surface area contributed by atoms with Gasteiger partial charge in [-0.15, -0.1) is 0 Å². The van der Waals surface area contributed by atoms with Crippen molar-refractivity contribution in [2.24, 2.45) is 5.14 Å². The minimum absolute atomic E-state index is 0.00196. The van der Waals surface area contributed by atoms with Gasteiger partial charge < -0.3 is 15.1 Å². The molecule has 1 aromatic carbocycles. The van der Waals surface area contributed by atoms with Crippen molar-refractivity contribution < 1.29 is 18.0 Å². The molecule has 0 radical (unpaired) electrons. The highest BCUT2D eigenvalue weighted by molar-refractivity contribution is 7.89. The summed E-state index contributed by atoms with van der Waals surface area (Å²) in [6.45, 7) is 3.02. The van der Waals surface area contributed by atoms with E-state index in [4.69, 9.17) is 5.14 Å². The van der Waals surface area contributed by atoms with E-state index >= 15 is 0 Å². The Labute approximate surface area is 149 Å². The second kappa shape index (κ2) is 9.50. The third-order valence-electron chi connectivity index (χ3n) is 3.58. The standard InChI is InChI=1S/C16H26N4O4S/c1-13(21)20(12-16(22)18-9-11-19(2)3)10-8-14-4-6-15(7-5-14)25(17,23)24/h4-7H,8-12H2,1-3H3,(H,18,22)(H2,17,23,24). The molecule has 140 valence electrons. The van der Waals surface area contributed by atoms with E-state index in [2.05, 4.69) is 5.32 Å². The Morgan fingerprint density at radius 1 is 1.12 bits per heavy atom. The number of likely N-dealkylation sites (N-methyl/N-ethyl adjacent to an activating group) is 1. The van der Waals surface area contributed by atoms with Crippen LogP contribution >= 0.6 is 0 Å². The SMILES string of the molecule is CC(=O)N(CCc1ccc(S(N)(=O)=O)cc1)CC(=O)NCCN(C)C. The quantitative estimate of drug-likeness (QED) is 0.603. The Morgan fingerprint density at radius 3 is 2.20 bits per heavy atom. The molecular weight excluding hydrogens is 344 g/mol. The molecule has 0 spiro atoms. The second-order valence-corrected chi connectivity index (χ2v) is 7.59. The lowest BCUT2D eigenvalue weighted by atomic mass is 10.1. The van der Waals surface area contributed by atoms with Gasteiger partial charge in [-0.3, -0.25) is 9.59 Å². The van der Waals surface area contributed by atoms with Crippen molar-refractivity contribution in [3.05, 3.63) is 29.8 Å². The van der Waals surface area contributed by atoms with Gasteiger partial charge in [0.15, 0.2) is 0 Å². The Morgan fingerprint density at radius 2 is 1.72 bits per heavy atom. The summed E-state index contributed by atoms with van der Waals surface area (Å²) < 4.78 is 22.5. The summed E-state index contributed by atoms with van der Waals surface area (Å²) in [6.07, 6.45) is 0.509. The number of nitrogens with two attached hydrogens (primary N) is 1. The van der Waals surface area contributed by atoms with E-state index in [0.29, 0.717) is 19.5 Å². The van der Waals surface area contributed by atoms with Gasteiger partial charge in [-0.25, -0.2) is 13.6 Å². The van der Waals surface area contributed by atoms with E-state index in [0.717, 1.165) is 12.1 Å². The van der Waals surface area contributed by atoms with Crippen LogP contribution in [0.5, 0.6) is 0 Å². The van der Waals surface area contributed by atoms with E-state index in [1.807, 2.05) is 19.0 Å². The molecule has 0 aromatic heterocycles. The van der Waals surface area contributed by atoms with Gasteiger partial charge in [0, 0.05) is 26.6 Å². The summed E-state index contributed by atoms with van der Waals surface area (Å²) in [5.74, 6) is -0.398. The van der Waals surface area contributed by atoms with Crippen molar-refractivity contribution in [2.75, 3.05) is 40.3 Å². The fraction of sp³-hybridized carbons (Fsp3) is 0.500. The largest absolute Gasteiger partial charge is 0.353 e. The lowest BCUT2D eigenvalue weighted by Gasteiger charge is -2.21. The molecule has 0 saturated carbocycles. The summed E-state index contributed by atoms with van der Waals surface area (Å²) in [7, 11) is 0.108. The molecule has 25 heavy (non-hydrogen) atoms. The van der Waals surface area contributed by atoms with Crippen LogP contribution in [0.3, 0.4) is 0 Å². The Hall–Kier alpha value is -1.97. The normalized spacial score (nSPS) is 11.4. The summed E-state index contributed by atoms with van der Waals surface area (Å²) in [5, 5.41) is 7.82. The number of nitrogens with one attached hydrogen (secondary N) is 1. The van der Waals surface area contributed by atoms with Gasteiger partial charge in [0.25, 0.3) is 0 Å². The van der Waals surface area contributed by atoms with Gasteiger partial charge in [0.05, 0.1) is 11.4 Å². The molecule has 2 amide bonds. The maximum Gasteiger partial charge on any atom is 0.239 e. The third kappa shape index (κ3) is 8.10. The predicted octanol–water partition coefficient (Wildman–Crippen LogP) is -0.597. The number of nitrogens with zero attached hydrogens (tertiary/aromatic N) is 2. The van der Waals surface area contributed by atoms with E-state index in [9.17, 15) is 18.0 Å². The molecule has 0 unspecified atom stereocenters. The van der Waals surface area contributed by atoms with E-state index < -0.39 is 10.0 Å². The molecule has 0 bridgehead atoms. The number of benzene rings is 1. The number of amides is 2. The molecule has 0 saturated heterocycles. The molecule has 0 atom stereocenters. The lowest BCUT2D eigenvalue weighted by Crippen LogP contribution is -2.42. The molecule has 3 N–H and O–H groups in total. The number of sulfonamides is 1. The van der Waals surface area contributed by atoms with Crippen LogP contribution in [-0.2, 0) is 26.0 Å². The van der Waals surface area contributed by atoms with E-state index in [1.54, 1.807) is 12.1 Å². The zero-order valence-corrected chi connectivity index (χ0v) is 15.7. The number of hydrogen-bond acceptors (Lipinski definition) is 5. The van der Waals surface area contributed by atoms with Crippen LogP contribution in [0.1, 0.15) is 12.5 Å². The smallest absolute Gasteiger partial charge is 0.239 e. The van der Waals surface area contributed by atoms with Crippen LogP contribution in [0.4, 0.5) is 0 Å². The number of carbonyl (C=O) groups is 2. The first-order valence-corrected chi connectivity index (χ1v) is 9.43. The molecule has 9 heteroatoms. The number of primary sulfonamides is 1. The average molecular weight is 370 g/mol. The monoisotopic (exact) mass is 370 g/mol. The minimum Gasteiger partial charge on any atom is -0.353 e. The molecule has 0 fully saturated rings. The van der Waals surface area contributed by atoms with E-state index in [1.165, 1.54) is 24.0 Å². The maximum atomic E-state index is 11.9. The van der Waals surface area contributed by atoms with Crippen molar-refractivity contribution in [2.45, 2.75) is 18.2 Å². The van der Waals surface area contributed by atoms with Gasteiger partial charge in [0.2, 0.25) is 21.8 Å². The van der Waals surface area contributed by atoms with Crippen LogP contribution in [0.15, 0.2) is 29.2 Å². The van der Waals surface area contributed by atoms with Gasteiger partial charge in [-0.1, -0.05) is 12.1 Å². The van der Waals surface area contributed by atoms with Crippen molar-refractivity contribution >= 4 is 21.8 Å². The van der Waals surface area contributed by atoms with Gasteiger partial charge in [-0.2, -0.15) is 0 Å². The van der Waals surface area contributed by atoms with Crippen LogP contribution < -0.4 is 10.5 Å². The molecule has 0 heterocycles. The van der Waals surface area contributed by atoms with Crippen LogP contribution in [0.25, 0.3) is 0 Å². The predicted molar refractivity (Wildman–Crippen MR) is 95.3 cm³/mol. The van der Waals surface area contributed by atoms with E-state index in [-0.39, 0.29) is 23.3 Å². The molecule has 1 aromatic rings. The second-order valence-electron chi connectivity index (χ2n) is 6.03. The summed E-state index contributed by atoms with van der Waals surface area (Å²) in [4.78, 5) is 27.1. The van der Waals surface area contributed by atoms with Crippen LogP contribution in [0.2, 0.25) is 0 Å². The summed E-state index contributed by atoms with van der Waals surface area (Å²) in [6, 6.07) is 6.15. The highest BCUT2D eigenvalue weighted by Crippen LogP contribution is 2.09. The van der Waals surface area contributed by atoms with Crippen LogP contribution in [0, 0.1) is 0 Å². The number of hydrogen-bond donors (Lipinski definition) is 2. The zero-order chi connectivity index (χ0) is 19.0. The first-order valence-electron chi connectivity index (χ1n) is 7.88. The molecule has 8 nitrogen and oxygen atoms in total. The average Bonchev–Trinajstić information content (AvgIpc) is 2.50. The number of rotatable bonds is 9. The molecular formula is C16H26N4O4S. The Balaban J connectivity index is 2.55. The fourth-order valence-electron chi connectivity index (χ4n) is 2.11. The molecule has 0 aliphatic carbocycles. The zero-order valence-electron chi connectivity index (χ0n) is 14.9. The Bertz CT molecular complexity index is 687. The fourth-order valence-corrected chi connectivity index (χ4v) is 2.62. The topological polar surface area (TPSA) is 113 Å². The number of carbonyl (C=O) groups excluding carboxylic acids is 2.